The second-order valence-electron chi connectivity index (χ2n) is 2.97. The third-order valence-electron chi connectivity index (χ3n) is 2.08. The molecule has 1 fully saturated rings. The van der Waals surface area contributed by atoms with Gasteiger partial charge >= 0.3 is 12.0 Å². The molecule has 1 unspecified atom stereocenters. The summed E-state index contributed by atoms with van der Waals surface area (Å²) in [6.45, 7) is -0.157. The van der Waals surface area contributed by atoms with Crippen molar-refractivity contribution >= 4 is 12.0 Å². The van der Waals surface area contributed by atoms with Crippen LogP contribution in [0, 0.1) is 0 Å². The lowest BCUT2D eigenvalue weighted by atomic mass is 10.1. The lowest BCUT2D eigenvalue weighted by molar-refractivity contribution is -0.153. The molecule has 0 aromatic rings. The minimum atomic E-state index is -2.08. The molecule has 1 aliphatic heterocycles. The number of nitrogens with zero attached hydrogens (tertiary/aromatic N) is 1. The predicted molar refractivity (Wildman–Crippen MR) is 41.6 cm³/mol. The van der Waals surface area contributed by atoms with E-state index >= 15 is 0 Å². The zero-order valence-corrected chi connectivity index (χ0v) is 7.25. The van der Waals surface area contributed by atoms with Crippen molar-refractivity contribution in [1.82, 2.24) is 4.90 Å². The van der Waals surface area contributed by atoms with Crippen molar-refractivity contribution in [2.24, 2.45) is 5.73 Å². The van der Waals surface area contributed by atoms with Gasteiger partial charge in [-0.3, -0.25) is 0 Å². The first-order valence-corrected chi connectivity index (χ1v) is 3.81. The van der Waals surface area contributed by atoms with Crippen molar-refractivity contribution in [2.45, 2.75) is 12.1 Å². The van der Waals surface area contributed by atoms with Crippen molar-refractivity contribution < 1.29 is 18.7 Å². The maximum Gasteiger partial charge on any atom is 0.345 e. The van der Waals surface area contributed by atoms with Crippen LogP contribution in [0.1, 0.15) is 6.42 Å². The van der Waals surface area contributed by atoms with Gasteiger partial charge in [0.05, 0.1) is 13.7 Å². The first-order chi connectivity index (χ1) is 5.99. The van der Waals surface area contributed by atoms with Gasteiger partial charge in [0.15, 0.2) is 0 Å². The van der Waals surface area contributed by atoms with Gasteiger partial charge in [0.1, 0.15) is 0 Å². The molecule has 1 rings (SSSR count). The van der Waals surface area contributed by atoms with Crippen molar-refractivity contribution in [1.29, 1.82) is 0 Å². The van der Waals surface area contributed by atoms with E-state index in [1.807, 2.05) is 0 Å². The zero-order chi connectivity index (χ0) is 10.1. The van der Waals surface area contributed by atoms with Gasteiger partial charge < -0.3 is 15.4 Å². The molecule has 1 aliphatic rings. The summed E-state index contributed by atoms with van der Waals surface area (Å²) in [6.07, 6.45) is -0.0530. The first kappa shape index (κ1) is 9.76. The summed E-state index contributed by atoms with van der Waals surface area (Å²) in [4.78, 5) is 22.6. The Morgan fingerprint density at radius 1 is 1.62 bits per heavy atom. The minimum Gasteiger partial charge on any atom is -0.467 e. The number of carbonyl (C=O) groups is 2. The van der Waals surface area contributed by atoms with Crippen LogP contribution in [0.15, 0.2) is 0 Å². The number of amides is 2. The number of hydrogen-bond donors (Lipinski definition) is 1. The third-order valence-corrected chi connectivity index (χ3v) is 2.08. The highest BCUT2D eigenvalue weighted by Gasteiger charge is 2.47. The number of rotatable bonds is 1. The van der Waals surface area contributed by atoms with Gasteiger partial charge in [-0.1, -0.05) is 0 Å². The van der Waals surface area contributed by atoms with Crippen molar-refractivity contribution in [3.63, 3.8) is 0 Å². The van der Waals surface area contributed by atoms with Crippen LogP contribution in [0.25, 0.3) is 0 Å². The summed E-state index contributed by atoms with van der Waals surface area (Å²) in [7, 11) is 1.11. The molecule has 2 N–H and O–H groups in total. The Hall–Kier alpha value is -1.33. The van der Waals surface area contributed by atoms with Crippen LogP contribution in [-0.4, -0.2) is 42.8 Å². The second kappa shape index (κ2) is 3.20. The number of ether oxygens (including phenoxy) is 1. The van der Waals surface area contributed by atoms with Gasteiger partial charge in [-0.25, -0.2) is 14.0 Å². The van der Waals surface area contributed by atoms with E-state index in [4.69, 9.17) is 5.73 Å². The van der Waals surface area contributed by atoms with Gasteiger partial charge in [-0.2, -0.15) is 0 Å². The quantitative estimate of drug-likeness (QED) is 0.574. The number of carbonyl (C=O) groups excluding carboxylic acids is 2. The Labute approximate surface area is 74.6 Å². The fourth-order valence-corrected chi connectivity index (χ4v) is 1.31. The summed E-state index contributed by atoms with van der Waals surface area (Å²) in [6, 6.07) is -0.719. The number of nitrogens with two attached hydrogens (primary N) is 1. The Balaban J connectivity index is 2.66. The third kappa shape index (κ3) is 1.71. The number of likely N-dealkylation sites (tertiary alicyclic amines) is 1. The Bertz CT molecular complexity index is 246. The molecule has 0 spiro atoms. The number of halogens is 1. The van der Waals surface area contributed by atoms with E-state index in [0.717, 1.165) is 12.0 Å². The predicted octanol–water partition coefficient (Wildman–Crippen LogP) is -0.348. The molecule has 0 radical (unpaired) electrons. The zero-order valence-electron chi connectivity index (χ0n) is 7.25. The van der Waals surface area contributed by atoms with E-state index in [1.54, 1.807) is 0 Å². The fraction of sp³-hybridized carbons (Fsp3) is 0.714. The van der Waals surface area contributed by atoms with Crippen molar-refractivity contribution in [2.75, 3.05) is 20.2 Å². The molecular weight excluding hydrogens is 179 g/mol. The topological polar surface area (TPSA) is 72.6 Å². The van der Waals surface area contributed by atoms with Crippen LogP contribution >= 0.6 is 0 Å². The fourth-order valence-electron chi connectivity index (χ4n) is 1.31. The van der Waals surface area contributed by atoms with Gasteiger partial charge in [0, 0.05) is 13.0 Å². The largest absolute Gasteiger partial charge is 0.467 e. The highest BCUT2D eigenvalue weighted by atomic mass is 19.1. The standard InChI is InChI=1S/C7H11FN2O3/c1-13-5(11)7(8)2-3-10(4-7)6(9)12/h2-4H2,1H3,(H2,9,12). The van der Waals surface area contributed by atoms with E-state index in [0.29, 0.717) is 0 Å². The van der Waals surface area contributed by atoms with Gasteiger partial charge in [0.2, 0.25) is 5.67 Å². The molecule has 0 aliphatic carbocycles. The van der Waals surface area contributed by atoms with Crippen LogP contribution in [0.4, 0.5) is 9.18 Å². The molecule has 5 nitrogen and oxygen atoms in total. The summed E-state index contributed by atoms with van der Waals surface area (Å²) in [5.41, 5.74) is 2.85. The molecule has 74 valence electrons. The average molecular weight is 190 g/mol. The maximum atomic E-state index is 13.6. The molecule has 13 heavy (non-hydrogen) atoms. The van der Waals surface area contributed by atoms with Crippen LogP contribution in [0.2, 0.25) is 0 Å². The van der Waals surface area contributed by atoms with E-state index in [2.05, 4.69) is 4.74 Å². The van der Waals surface area contributed by atoms with Gasteiger partial charge in [0.25, 0.3) is 0 Å². The molecule has 0 saturated carbocycles. The van der Waals surface area contributed by atoms with Crippen LogP contribution < -0.4 is 5.73 Å². The minimum absolute atomic E-state index is 0.0530. The van der Waals surface area contributed by atoms with Crippen LogP contribution in [0.3, 0.4) is 0 Å². The smallest absolute Gasteiger partial charge is 0.345 e. The lowest BCUT2D eigenvalue weighted by Gasteiger charge is -2.16. The molecule has 0 aromatic carbocycles. The van der Waals surface area contributed by atoms with Crippen molar-refractivity contribution in [3.05, 3.63) is 0 Å². The summed E-state index contributed by atoms with van der Waals surface area (Å²) < 4.78 is 17.9. The highest BCUT2D eigenvalue weighted by molar-refractivity contribution is 5.82. The van der Waals surface area contributed by atoms with Gasteiger partial charge in [-0.15, -0.1) is 0 Å². The molecule has 1 heterocycles. The maximum absolute atomic E-state index is 13.6. The second-order valence-corrected chi connectivity index (χ2v) is 2.97. The summed E-state index contributed by atoms with van der Waals surface area (Å²) >= 11 is 0. The van der Waals surface area contributed by atoms with E-state index < -0.39 is 17.7 Å². The van der Waals surface area contributed by atoms with E-state index in [9.17, 15) is 14.0 Å². The number of hydrogen-bond acceptors (Lipinski definition) is 3. The first-order valence-electron chi connectivity index (χ1n) is 3.81. The molecule has 0 bridgehead atoms. The Morgan fingerprint density at radius 3 is 2.62 bits per heavy atom. The molecular formula is C7H11FN2O3. The number of esters is 1. The van der Waals surface area contributed by atoms with Crippen LogP contribution in [-0.2, 0) is 9.53 Å². The molecule has 1 atom stereocenters. The SMILES string of the molecule is COC(=O)C1(F)CCN(C(N)=O)C1. The monoisotopic (exact) mass is 190 g/mol. The molecule has 0 aromatic heterocycles. The van der Waals surface area contributed by atoms with Gasteiger partial charge in [-0.05, 0) is 0 Å². The Kier molecular flexibility index (Phi) is 2.40. The highest BCUT2D eigenvalue weighted by Crippen LogP contribution is 2.26. The van der Waals surface area contributed by atoms with Crippen molar-refractivity contribution in [3.8, 4) is 0 Å². The normalized spacial score (nSPS) is 27.4. The number of urea groups is 1. The average Bonchev–Trinajstić information content (AvgIpc) is 2.48. The number of alkyl halides is 1. The molecule has 6 heteroatoms. The lowest BCUT2D eigenvalue weighted by Crippen LogP contribution is -2.41. The number of primary amides is 1. The van der Waals surface area contributed by atoms with E-state index in [-0.39, 0.29) is 19.5 Å². The molecule has 1 saturated heterocycles. The molecule has 2 amide bonds. The summed E-state index contributed by atoms with van der Waals surface area (Å²) in [5, 5.41) is 0. The Morgan fingerprint density at radius 2 is 2.23 bits per heavy atom. The summed E-state index contributed by atoms with van der Waals surface area (Å²) in [5.74, 6) is -0.948. The number of methoxy groups -OCH3 is 1. The van der Waals surface area contributed by atoms with E-state index in [1.165, 1.54) is 0 Å². The van der Waals surface area contributed by atoms with Crippen LogP contribution in [0.5, 0.6) is 0 Å².